The van der Waals surface area contributed by atoms with Gasteiger partial charge in [-0.05, 0) is 30.7 Å². The number of fused-ring (bicyclic) bond motifs is 3. The molecule has 0 bridgehead atoms. The van der Waals surface area contributed by atoms with E-state index in [-0.39, 0.29) is 0 Å². The van der Waals surface area contributed by atoms with Crippen molar-refractivity contribution in [2.45, 2.75) is 35.8 Å². The first-order chi connectivity index (χ1) is 12.6. The Labute approximate surface area is 154 Å². The molecule has 26 heavy (non-hydrogen) atoms. The van der Waals surface area contributed by atoms with Crippen LogP contribution in [0.1, 0.15) is 29.9 Å². The van der Waals surface area contributed by atoms with Gasteiger partial charge in [-0.25, -0.2) is 4.21 Å². The van der Waals surface area contributed by atoms with E-state index in [2.05, 4.69) is 5.32 Å². The van der Waals surface area contributed by atoms with Gasteiger partial charge in [0.05, 0.1) is 24.0 Å². The highest BCUT2D eigenvalue weighted by molar-refractivity contribution is 7.85. The SMILES string of the molecule is COc1cc(S(=O)c2ccc(C(C)O)cc2)cc2c3c(oc12)CCNC3. The number of aliphatic hydroxyl groups excluding tert-OH is 1. The van der Waals surface area contributed by atoms with E-state index in [4.69, 9.17) is 9.15 Å². The van der Waals surface area contributed by atoms with Crippen molar-refractivity contribution in [3.63, 3.8) is 0 Å². The minimum Gasteiger partial charge on any atom is -0.493 e. The third kappa shape index (κ3) is 2.94. The maximum absolute atomic E-state index is 13.1. The van der Waals surface area contributed by atoms with Gasteiger partial charge in [-0.1, -0.05) is 12.1 Å². The molecule has 0 amide bonds. The summed E-state index contributed by atoms with van der Waals surface area (Å²) in [6.45, 7) is 3.34. The molecular weight excluding hydrogens is 350 g/mol. The van der Waals surface area contributed by atoms with Crippen LogP contribution in [0.2, 0.25) is 0 Å². The van der Waals surface area contributed by atoms with Gasteiger partial charge >= 0.3 is 0 Å². The Morgan fingerprint density at radius 3 is 2.69 bits per heavy atom. The number of ether oxygens (including phenoxy) is 1. The van der Waals surface area contributed by atoms with Crippen LogP contribution in [0.15, 0.2) is 50.6 Å². The van der Waals surface area contributed by atoms with Crippen molar-refractivity contribution in [2.75, 3.05) is 13.7 Å². The number of furan rings is 1. The monoisotopic (exact) mass is 371 g/mol. The second-order valence-corrected chi connectivity index (χ2v) is 7.93. The highest BCUT2D eigenvalue weighted by atomic mass is 32.2. The van der Waals surface area contributed by atoms with Crippen LogP contribution < -0.4 is 10.1 Å². The molecule has 3 aromatic rings. The first-order valence-electron chi connectivity index (χ1n) is 8.61. The summed E-state index contributed by atoms with van der Waals surface area (Å²) in [5, 5.41) is 13.9. The Kier molecular flexibility index (Phi) is 4.56. The van der Waals surface area contributed by atoms with Gasteiger partial charge in [0.15, 0.2) is 11.3 Å². The predicted molar refractivity (Wildman–Crippen MR) is 99.9 cm³/mol. The molecule has 6 heteroatoms. The molecule has 0 radical (unpaired) electrons. The van der Waals surface area contributed by atoms with Crippen molar-refractivity contribution >= 4 is 21.8 Å². The van der Waals surface area contributed by atoms with Crippen LogP contribution in [0.25, 0.3) is 11.0 Å². The zero-order valence-electron chi connectivity index (χ0n) is 14.7. The number of nitrogens with one attached hydrogen (secondary N) is 1. The van der Waals surface area contributed by atoms with Crippen LogP contribution in [0.4, 0.5) is 0 Å². The summed E-state index contributed by atoms with van der Waals surface area (Å²) in [4.78, 5) is 1.36. The topological polar surface area (TPSA) is 71.7 Å². The van der Waals surface area contributed by atoms with Crippen LogP contribution >= 0.6 is 0 Å². The Morgan fingerprint density at radius 2 is 2.00 bits per heavy atom. The van der Waals surface area contributed by atoms with Gasteiger partial charge in [0, 0.05) is 46.3 Å². The number of hydrogen-bond donors (Lipinski definition) is 2. The minimum atomic E-state index is -1.34. The van der Waals surface area contributed by atoms with E-state index in [1.165, 1.54) is 0 Å². The molecule has 0 spiro atoms. The fourth-order valence-corrected chi connectivity index (χ4v) is 4.41. The molecule has 1 aliphatic rings. The van der Waals surface area contributed by atoms with Crippen molar-refractivity contribution < 1.29 is 18.5 Å². The maximum Gasteiger partial charge on any atom is 0.176 e. The largest absolute Gasteiger partial charge is 0.493 e. The molecule has 5 nitrogen and oxygen atoms in total. The fourth-order valence-electron chi connectivity index (χ4n) is 3.32. The van der Waals surface area contributed by atoms with Crippen molar-refractivity contribution in [1.29, 1.82) is 0 Å². The summed E-state index contributed by atoms with van der Waals surface area (Å²) in [6.07, 6.45) is 0.297. The second kappa shape index (κ2) is 6.87. The lowest BCUT2D eigenvalue weighted by Gasteiger charge is -2.11. The summed E-state index contributed by atoms with van der Waals surface area (Å²) in [5.41, 5.74) is 2.63. The molecule has 0 saturated carbocycles. The molecule has 0 fully saturated rings. The van der Waals surface area contributed by atoms with Gasteiger partial charge < -0.3 is 19.6 Å². The van der Waals surface area contributed by atoms with Crippen molar-refractivity contribution in [2.24, 2.45) is 0 Å². The molecule has 2 unspecified atom stereocenters. The summed E-state index contributed by atoms with van der Waals surface area (Å²) >= 11 is 0. The second-order valence-electron chi connectivity index (χ2n) is 6.45. The summed E-state index contributed by atoms with van der Waals surface area (Å²) in [6, 6.07) is 10.9. The van der Waals surface area contributed by atoms with E-state index in [0.29, 0.717) is 21.1 Å². The number of methoxy groups -OCH3 is 1. The lowest BCUT2D eigenvalue weighted by molar-refractivity contribution is 0.199. The average molecular weight is 371 g/mol. The third-order valence-corrected chi connectivity index (χ3v) is 6.12. The predicted octanol–water partition coefficient (Wildman–Crippen LogP) is 3.31. The van der Waals surface area contributed by atoms with Crippen LogP contribution in [0.3, 0.4) is 0 Å². The van der Waals surface area contributed by atoms with E-state index in [9.17, 15) is 9.32 Å². The minimum absolute atomic E-state index is 0.543. The molecule has 4 rings (SSSR count). The van der Waals surface area contributed by atoms with E-state index in [0.717, 1.165) is 41.8 Å². The first kappa shape index (κ1) is 17.3. The van der Waals surface area contributed by atoms with Gasteiger partial charge in [0.1, 0.15) is 5.76 Å². The van der Waals surface area contributed by atoms with Crippen LogP contribution in [-0.2, 0) is 23.8 Å². The number of hydrogen-bond acceptors (Lipinski definition) is 5. The van der Waals surface area contributed by atoms with Gasteiger partial charge in [-0.2, -0.15) is 0 Å². The molecule has 1 aliphatic heterocycles. The van der Waals surface area contributed by atoms with Crippen LogP contribution in [0, 0.1) is 0 Å². The van der Waals surface area contributed by atoms with Gasteiger partial charge in [-0.3, -0.25) is 0 Å². The Hall–Kier alpha value is -2.15. The third-order valence-electron chi connectivity index (χ3n) is 4.76. The Balaban J connectivity index is 1.79. The number of aliphatic hydroxyl groups is 1. The zero-order chi connectivity index (χ0) is 18.3. The van der Waals surface area contributed by atoms with Crippen molar-refractivity contribution in [3.8, 4) is 5.75 Å². The maximum atomic E-state index is 13.1. The smallest absolute Gasteiger partial charge is 0.176 e. The molecular formula is C20H21NO4S. The van der Waals surface area contributed by atoms with Crippen LogP contribution in [-0.4, -0.2) is 23.0 Å². The first-order valence-corrected chi connectivity index (χ1v) is 9.76. The van der Waals surface area contributed by atoms with E-state index in [1.54, 1.807) is 44.4 Å². The van der Waals surface area contributed by atoms with Crippen LogP contribution in [0.5, 0.6) is 5.75 Å². The average Bonchev–Trinajstić information content (AvgIpc) is 3.05. The molecule has 2 aromatic carbocycles. The van der Waals surface area contributed by atoms with E-state index < -0.39 is 16.9 Å². The van der Waals surface area contributed by atoms with Gasteiger partial charge in [0.2, 0.25) is 0 Å². The molecule has 1 aromatic heterocycles. The molecule has 2 heterocycles. The summed E-state index contributed by atoms with van der Waals surface area (Å²) in [5.74, 6) is 1.57. The Morgan fingerprint density at radius 1 is 1.23 bits per heavy atom. The molecule has 2 N–H and O–H groups in total. The van der Waals surface area contributed by atoms with Crippen molar-refractivity contribution in [3.05, 3.63) is 53.3 Å². The lowest BCUT2D eigenvalue weighted by atomic mass is 10.1. The normalized spacial score (nSPS) is 16.3. The lowest BCUT2D eigenvalue weighted by Crippen LogP contribution is -2.22. The van der Waals surface area contributed by atoms with E-state index >= 15 is 0 Å². The molecule has 0 aliphatic carbocycles. The van der Waals surface area contributed by atoms with E-state index in [1.807, 2.05) is 6.07 Å². The summed E-state index contributed by atoms with van der Waals surface area (Å²) in [7, 11) is 0.251. The Bertz CT molecular complexity index is 976. The quantitative estimate of drug-likeness (QED) is 0.736. The molecule has 136 valence electrons. The highest BCUT2D eigenvalue weighted by Crippen LogP contribution is 2.37. The summed E-state index contributed by atoms with van der Waals surface area (Å²) < 4.78 is 24.6. The molecule has 0 saturated heterocycles. The zero-order valence-corrected chi connectivity index (χ0v) is 15.6. The number of benzene rings is 2. The van der Waals surface area contributed by atoms with Crippen molar-refractivity contribution in [1.82, 2.24) is 5.32 Å². The highest BCUT2D eigenvalue weighted by Gasteiger charge is 2.22. The fraction of sp³-hybridized carbons (Fsp3) is 0.300. The number of rotatable bonds is 4. The standard InChI is InChI=1S/C20H21NO4S/c1-12(22)13-3-5-14(6-4-13)26(23)15-9-16-17-11-21-8-7-18(17)25-20(16)19(10-15)24-2/h3-6,9-10,12,21-22H,7-8,11H2,1-2H3. The van der Waals surface area contributed by atoms with Gasteiger partial charge in [-0.15, -0.1) is 0 Å². The molecule has 2 atom stereocenters. The van der Waals surface area contributed by atoms with Gasteiger partial charge in [0.25, 0.3) is 0 Å².